The van der Waals surface area contributed by atoms with E-state index in [0.717, 1.165) is 4.90 Å². The predicted molar refractivity (Wildman–Crippen MR) is 83.5 cm³/mol. The number of halogens is 2. The standard InChI is InChI=1S/C13H10Cl2N2O2S/c14-9-2-1-8(12(5-9)17(18)19)7-20-13-4-3-10(16)6-11(13)15/h1-6H,7,16H2. The Hall–Kier alpha value is -1.43. The highest BCUT2D eigenvalue weighted by Crippen LogP contribution is 2.34. The smallest absolute Gasteiger partial charge is 0.274 e. The zero-order chi connectivity index (χ0) is 14.7. The summed E-state index contributed by atoms with van der Waals surface area (Å²) in [5.74, 6) is 0.428. The first kappa shape index (κ1) is 15.0. The van der Waals surface area contributed by atoms with Crippen LogP contribution >= 0.6 is 35.0 Å². The molecule has 2 aromatic rings. The minimum absolute atomic E-state index is 0.0107. The first-order chi connectivity index (χ1) is 9.47. The molecule has 2 aromatic carbocycles. The summed E-state index contributed by atoms with van der Waals surface area (Å²) in [5.41, 5.74) is 6.80. The van der Waals surface area contributed by atoms with Crippen molar-refractivity contribution in [2.24, 2.45) is 0 Å². The fourth-order valence-corrected chi connectivity index (χ4v) is 3.05. The molecule has 0 bridgehead atoms. The van der Waals surface area contributed by atoms with Crippen LogP contribution in [0.15, 0.2) is 41.3 Å². The molecule has 0 radical (unpaired) electrons. The molecule has 0 saturated heterocycles. The molecule has 20 heavy (non-hydrogen) atoms. The molecule has 7 heteroatoms. The summed E-state index contributed by atoms with van der Waals surface area (Å²) in [6.07, 6.45) is 0. The van der Waals surface area contributed by atoms with Gasteiger partial charge in [0.05, 0.1) is 9.95 Å². The molecule has 0 heterocycles. The van der Waals surface area contributed by atoms with Crippen LogP contribution in [0.1, 0.15) is 5.56 Å². The van der Waals surface area contributed by atoms with Crippen molar-refractivity contribution in [3.8, 4) is 0 Å². The molecule has 0 aliphatic carbocycles. The maximum atomic E-state index is 11.0. The van der Waals surface area contributed by atoms with Crippen molar-refractivity contribution in [1.29, 1.82) is 0 Å². The lowest BCUT2D eigenvalue weighted by atomic mass is 10.2. The van der Waals surface area contributed by atoms with Crippen LogP contribution in [0.4, 0.5) is 11.4 Å². The largest absolute Gasteiger partial charge is 0.399 e. The van der Waals surface area contributed by atoms with Crippen LogP contribution in [0.3, 0.4) is 0 Å². The number of hydrogen-bond donors (Lipinski definition) is 1. The van der Waals surface area contributed by atoms with Crippen LogP contribution in [0.2, 0.25) is 10.0 Å². The van der Waals surface area contributed by atoms with E-state index >= 15 is 0 Å². The van der Waals surface area contributed by atoms with E-state index in [1.807, 2.05) is 0 Å². The Morgan fingerprint density at radius 3 is 2.60 bits per heavy atom. The van der Waals surface area contributed by atoms with Crippen LogP contribution in [-0.2, 0) is 5.75 Å². The van der Waals surface area contributed by atoms with E-state index in [2.05, 4.69) is 0 Å². The third-order valence-electron chi connectivity index (χ3n) is 2.58. The van der Waals surface area contributed by atoms with Gasteiger partial charge in [0, 0.05) is 33.0 Å². The van der Waals surface area contributed by atoms with Gasteiger partial charge in [0.1, 0.15) is 0 Å². The van der Waals surface area contributed by atoms with E-state index in [9.17, 15) is 10.1 Å². The monoisotopic (exact) mass is 328 g/mol. The Bertz CT molecular complexity index is 665. The van der Waals surface area contributed by atoms with Gasteiger partial charge in [0.25, 0.3) is 5.69 Å². The van der Waals surface area contributed by atoms with E-state index in [1.54, 1.807) is 30.3 Å². The van der Waals surface area contributed by atoms with Gasteiger partial charge in [-0.3, -0.25) is 10.1 Å². The third kappa shape index (κ3) is 3.56. The summed E-state index contributed by atoms with van der Waals surface area (Å²) in [6.45, 7) is 0. The molecule has 0 aliphatic heterocycles. The number of nitrogens with two attached hydrogens (primary N) is 1. The highest BCUT2D eigenvalue weighted by molar-refractivity contribution is 7.98. The molecule has 0 atom stereocenters. The van der Waals surface area contributed by atoms with Gasteiger partial charge in [-0.05, 0) is 30.3 Å². The highest BCUT2D eigenvalue weighted by atomic mass is 35.5. The first-order valence-electron chi connectivity index (χ1n) is 5.58. The van der Waals surface area contributed by atoms with Crippen molar-refractivity contribution in [3.05, 3.63) is 62.1 Å². The van der Waals surface area contributed by atoms with Gasteiger partial charge in [0.15, 0.2) is 0 Å². The number of hydrogen-bond acceptors (Lipinski definition) is 4. The summed E-state index contributed by atoms with van der Waals surface area (Å²) < 4.78 is 0. The number of rotatable bonds is 4. The van der Waals surface area contributed by atoms with Crippen molar-refractivity contribution >= 4 is 46.3 Å². The fourth-order valence-electron chi connectivity index (χ4n) is 1.62. The first-order valence-corrected chi connectivity index (χ1v) is 7.32. The molecule has 2 rings (SSSR count). The molecule has 0 aromatic heterocycles. The van der Waals surface area contributed by atoms with Gasteiger partial charge in [-0.2, -0.15) is 0 Å². The van der Waals surface area contributed by atoms with Gasteiger partial charge < -0.3 is 5.73 Å². The Labute approximate surface area is 130 Å². The van der Waals surface area contributed by atoms with Crippen LogP contribution in [0.5, 0.6) is 0 Å². The van der Waals surface area contributed by atoms with Gasteiger partial charge in [-0.15, -0.1) is 11.8 Å². The van der Waals surface area contributed by atoms with E-state index in [-0.39, 0.29) is 5.69 Å². The second-order valence-electron chi connectivity index (χ2n) is 4.01. The van der Waals surface area contributed by atoms with Crippen molar-refractivity contribution in [1.82, 2.24) is 0 Å². The van der Waals surface area contributed by atoms with Gasteiger partial charge >= 0.3 is 0 Å². The zero-order valence-corrected chi connectivity index (χ0v) is 12.5. The number of benzene rings is 2. The third-order valence-corrected chi connectivity index (χ3v) is 4.37. The normalized spacial score (nSPS) is 10.5. The Morgan fingerprint density at radius 1 is 1.20 bits per heavy atom. The average Bonchev–Trinajstić information content (AvgIpc) is 2.38. The summed E-state index contributed by atoms with van der Waals surface area (Å²) in [7, 11) is 0. The molecular formula is C13H10Cl2N2O2S. The molecule has 2 N–H and O–H groups in total. The van der Waals surface area contributed by atoms with E-state index < -0.39 is 4.92 Å². The van der Waals surface area contributed by atoms with Crippen molar-refractivity contribution in [2.45, 2.75) is 10.6 Å². The van der Waals surface area contributed by atoms with Crippen molar-refractivity contribution in [3.63, 3.8) is 0 Å². The van der Waals surface area contributed by atoms with Crippen LogP contribution in [-0.4, -0.2) is 4.92 Å². The minimum atomic E-state index is -0.438. The van der Waals surface area contributed by atoms with Gasteiger partial charge in [0.2, 0.25) is 0 Å². The summed E-state index contributed by atoms with van der Waals surface area (Å²) >= 11 is 13.3. The number of nitro benzene ring substituents is 1. The summed E-state index contributed by atoms with van der Waals surface area (Å²) in [6, 6.07) is 9.82. The zero-order valence-electron chi connectivity index (χ0n) is 10.2. The van der Waals surface area contributed by atoms with E-state index in [1.165, 1.54) is 17.8 Å². The fraction of sp³-hybridized carbons (Fsp3) is 0.0769. The molecule has 4 nitrogen and oxygen atoms in total. The van der Waals surface area contributed by atoms with Crippen LogP contribution < -0.4 is 5.73 Å². The molecule has 0 saturated carbocycles. The predicted octanol–water partition coefficient (Wildman–Crippen LogP) is 4.78. The maximum absolute atomic E-state index is 11.0. The summed E-state index contributed by atoms with van der Waals surface area (Å²) in [4.78, 5) is 11.4. The van der Waals surface area contributed by atoms with Crippen LogP contribution in [0, 0.1) is 10.1 Å². The molecular weight excluding hydrogens is 319 g/mol. The Kier molecular flexibility index (Phi) is 4.75. The lowest BCUT2D eigenvalue weighted by molar-refractivity contribution is -0.385. The number of nitro groups is 1. The number of nitrogens with zero attached hydrogens (tertiary/aromatic N) is 1. The summed E-state index contributed by atoms with van der Waals surface area (Å²) in [5, 5.41) is 11.9. The second-order valence-corrected chi connectivity index (χ2v) is 5.87. The minimum Gasteiger partial charge on any atom is -0.399 e. The maximum Gasteiger partial charge on any atom is 0.274 e. The highest BCUT2D eigenvalue weighted by Gasteiger charge is 2.14. The number of thioether (sulfide) groups is 1. The quantitative estimate of drug-likeness (QED) is 0.379. The number of anilines is 1. The molecule has 0 fully saturated rings. The molecule has 0 spiro atoms. The van der Waals surface area contributed by atoms with Gasteiger partial charge in [-0.1, -0.05) is 23.2 Å². The SMILES string of the molecule is Nc1ccc(SCc2ccc(Cl)cc2[N+](=O)[O-])c(Cl)c1. The Morgan fingerprint density at radius 2 is 1.95 bits per heavy atom. The Balaban J connectivity index is 2.20. The van der Waals surface area contributed by atoms with E-state index in [4.69, 9.17) is 28.9 Å². The second kappa shape index (κ2) is 6.35. The lowest BCUT2D eigenvalue weighted by Crippen LogP contribution is -1.94. The van der Waals surface area contributed by atoms with Crippen molar-refractivity contribution < 1.29 is 4.92 Å². The molecule has 0 unspecified atom stereocenters. The topological polar surface area (TPSA) is 69.2 Å². The van der Waals surface area contributed by atoms with E-state index in [0.29, 0.717) is 27.0 Å². The van der Waals surface area contributed by atoms with Gasteiger partial charge in [-0.25, -0.2) is 0 Å². The number of nitrogen functional groups attached to an aromatic ring is 1. The molecule has 0 aliphatic rings. The average molecular weight is 329 g/mol. The van der Waals surface area contributed by atoms with Crippen molar-refractivity contribution in [2.75, 3.05) is 5.73 Å². The molecule has 0 amide bonds. The van der Waals surface area contributed by atoms with Crippen LogP contribution in [0.25, 0.3) is 0 Å². The molecule has 104 valence electrons. The lowest BCUT2D eigenvalue weighted by Gasteiger charge is -2.06.